The molecule has 1 aliphatic carbocycles. The van der Waals surface area contributed by atoms with Gasteiger partial charge in [-0.25, -0.2) is 4.98 Å². The second kappa shape index (κ2) is 4.19. The van der Waals surface area contributed by atoms with Gasteiger partial charge in [0, 0.05) is 5.92 Å². The van der Waals surface area contributed by atoms with Crippen LogP contribution in [0.2, 0.25) is 0 Å². The summed E-state index contributed by atoms with van der Waals surface area (Å²) < 4.78 is 0. The Hall–Kier alpha value is -2.62. The van der Waals surface area contributed by atoms with Gasteiger partial charge in [-0.05, 0) is 24.1 Å². The van der Waals surface area contributed by atoms with Crippen molar-refractivity contribution in [2.75, 3.05) is 0 Å². The number of nitrogens with zero attached hydrogens (tertiary/aromatic N) is 1. The minimum Gasteiger partial charge on any atom is -0.480 e. The quantitative estimate of drug-likeness (QED) is 0.773. The maximum absolute atomic E-state index is 11.9. The molecule has 4 nitrogen and oxygen atoms in total. The molecule has 1 heterocycles. The Morgan fingerprint density at radius 1 is 1.14 bits per heavy atom. The van der Waals surface area contributed by atoms with Crippen molar-refractivity contribution < 1.29 is 9.90 Å². The van der Waals surface area contributed by atoms with E-state index in [0.717, 1.165) is 16.6 Å². The maximum Gasteiger partial charge on any atom is 0.317 e. The summed E-state index contributed by atoms with van der Waals surface area (Å²) in [5.74, 6) is -0.266. The Labute approximate surface area is 121 Å². The van der Waals surface area contributed by atoms with Crippen molar-refractivity contribution in [1.82, 2.24) is 9.97 Å². The minimum atomic E-state index is -0.916. The van der Waals surface area contributed by atoms with E-state index in [1.54, 1.807) is 0 Å². The molecule has 0 unspecified atom stereocenters. The van der Waals surface area contributed by atoms with E-state index in [4.69, 9.17) is 0 Å². The molecular weight excluding hydrogens is 264 g/mol. The maximum atomic E-state index is 11.9. The zero-order chi connectivity index (χ0) is 14.4. The lowest BCUT2D eigenvalue weighted by atomic mass is 9.98. The molecular formula is C17H14N2O2. The largest absolute Gasteiger partial charge is 0.480 e. The number of nitrogens with one attached hydrogen (secondary N) is 1. The summed E-state index contributed by atoms with van der Waals surface area (Å²) in [6.45, 7) is 0. The van der Waals surface area contributed by atoms with Gasteiger partial charge in [0.1, 0.15) is 11.2 Å². The van der Waals surface area contributed by atoms with Crippen LogP contribution in [0, 0.1) is 0 Å². The Morgan fingerprint density at radius 2 is 1.86 bits per heavy atom. The van der Waals surface area contributed by atoms with E-state index in [9.17, 15) is 9.90 Å². The molecule has 21 heavy (non-hydrogen) atoms. The monoisotopic (exact) mass is 278 g/mol. The average Bonchev–Trinajstić information content (AvgIpc) is 3.14. The fraction of sp³-hybridized carbons (Fsp3) is 0.176. The van der Waals surface area contributed by atoms with Gasteiger partial charge < -0.3 is 10.1 Å². The molecule has 4 rings (SSSR count). The molecule has 0 amide bonds. The lowest BCUT2D eigenvalue weighted by molar-refractivity contribution is -0.140. The Morgan fingerprint density at radius 3 is 2.57 bits per heavy atom. The van der Waals surface area contributed by atoms with Crippen LogP contribution in [-0.4, -0.2) is 21.0 Å². The first-order valence-electron chi connectivity index (χ1n) is 6.95. The van der Waals surface area contributed by atoms with Crippen molar-refractivity contribution in [3.05, 3.63) is 66.0 Å². The van der Waals surface area contributed by atoms with Crippen LogP contribution in [0.15, 0.2) is 54.6 Å². The highest BCUT2D eigenvalue weighted by atomic mass is 16.4. The van der Waals surface area contributed by atoms with Crippen molar-refractivity contribution >= 4 is 17.0 Å². The number of rotatable bonds is 3. The van der Waals surface area contributed by atoms with Crippen molar-refractivity contribution in [3.63, 3.8) is 0 Å². The van der Waals surface area contributed by atoms with Crippen LogP contribution >= 0.6 is 0 Å². The van der Waals surface area contributed by atoms with Gasteiger partial charge >= 0.3 is 5.97 Å². The van der Waals surface area contributed by atoms with Crippen molar-refractivity contribution in [3.8, 4) is 0 Å². The van der Waals surface area contributed by atoms with E-state index in [1.165, 1.54) is 0 Å². The first kappa shape index (κ1) is 12.1. The van der Waals surface area contributed by atoms with E-state index < -0.39 is 11.4 Å². The summed E-state index contributed by atoms with van der Waals surface area (Å²) in [6, 6.07) is 17.4. The number of aromatic nitrogens is 2. The van der Waals surface area contributed by atoms with Gasteiger partial charge in [0.25, 0.3) is 0 Å². The van der Waals surface area contributed by atoms with Crippen LogP contribution in [0.25, 0.3) is 11.0 Å². The normalized spacial score (nSPS) is 24.1. The molecule has 1 fully saturated rings. The number of carboxylic acids is 1. The molecule has 0 bridgehead atoms. The number of aromatic amines is 1. The first-order chi connectivity index (χ1) is 10.2. The number of fused-ring (bicyclic) bond motifs is 1. The third-order valence-electron chi connectivity index (χ3n) is 4.36. The smallest absolute Gasteiger partial charge is 0.317 e. The summed E-state index contributed by atoms with van der Waals surface area (Å²) in [7, 11) is 0. The summed E-state index contributed by atoms with van der Waals surface area (Å²) in [5.41, 5.74) is 1.83. The third kappa shape index (κ3) is 1.69. The molecule has 0 aliphatic heterocycles. The predicted octanol–water partition coefficient (Wildman–Crippen LogP) is 3.07. The molecule has 0 saturated heterocycles. The molecule has 3 aromatic rings. The number of H-pyrrole nitrogens is 1. The number of para-hydroxylation sites is 2. The van der Waals surface area contributed by atoms with Crippen LogP contribution in [0.5, 0.6) is 0 Å². The minimum absolute atomic E-state index is 0.0169. The number of aliphatic carboxylic acids is 1. The van der Waals surface area contributed by atoms with Crippen LogP contribution in [0.3, 0.4) is 0 Å². The van der Waals surface area contributed by atoms with Gasteiger partial charge in [0.15, 0.2) is 0 Å². The second-order valence-corrected chi connectivity index (χ2v) is 5.55. The molecule has 2 atom stereocenters. The number of hydrogen-bond donors (Lipinski definition) is 2. The van der Waals surface area contributed by atoms with Gasteiger partial charge in [-0.15, -0.1) is 0 Å². The van der Waals surface area contributed by atoms with Gasteiger partial charge in [0.2, 0.25) is 0 Å². The van der Waals surface area contributed by atoms with Crippen molar-refractivity contribution in [2.45, 2.75) is 17.8 Å². The highest BCUT2D eigenvalue weighted by Gasteiger charge is 2.64. The number of hydrogen-bond acceptors (Lipinski definition) is 2. The van der Waals surface area contributed by atoms with E-state index in [2.05, 4.69) is 9.97 Å². The summed E-state index contributed by atoms with van der Waals surface area (Å²) in [5, 5.41) is 9.75. The van der Waals surface area contributed by atoms with Gasteiger partial charge in [-0.2, -0.15) is 0 Å². The lowest BCUT2D eigenvalue weighted by Gasteiger charge is -2.09. The summed E-state index contributed by atoms with van der Waals surface area (Å²) >= 11 is 0. The predicted molar refractivity (Wildman–Crippen MR) is 79.2 cm³/mol. The van der Waals surface area contributed by atoms with Gasteiger partial charge in [0.05, 0.1) is 11.0 Å². The highest BCUT2D eigenvalue weighted by molar-refractivity contribution is 5.88. The van der Waals surface area contributed by atoms with Crippen LogP contribution in [-0.2, 0) is 10.2 Å². The molecule has 104 valence electrons. The Balaban J connectivity index is 1.82. The van der Waals surface area contributed by atoms with E-state index in [0.29, 0.717) is 12.2 Å². The summed E-state index contributed by atoms with van der Waals surface area (Å²) in [4.78, 5) is 19.6. The van der Waals surface area contributed by atoms with E-state index >= 15 is 0 Å². The number of benzene rings is 2. The van der Waals surface area contributed by atoms with E-state index in [1.807, 2.05) is 54.6 Å². The Kier molecular flexibility index (Phi) is 2.42. The standard InChI is InChI=1S/C17H14N2O2/c20-16(21)17(10-12(17)11-6-2-1-3-7-11)15-18-13-8-4-5-9-14(13)19-15/h1-9,12H,10H2,(H,18,19)(H,20,21)/t12-,17-/m1/s1. The van der Waals surface area contributed by atoms with Gasteiger partial charge in [-0.1, -0.05) is 42.5 Å². The number of imidazole rings is 1. The highest BCUT2D eigenvalue weighted by Crippen LogP contribution is 2.60. The van der Waals surface area contributed by atoms with Gasteiger partial charge in [-0.3, -0.25) is 4.79 Å². The third-order valence-corrected chi connectivity index (χ3v) is 4.36. The lowest BCUT2D eigenvalue weighted by Crippen LogP contribution is -2.23. The van der Waals surface area contributed by atoms with Crippen molar-refractivity contribution in [1.29, 1.82) is 0 Å². The molecule has 1 aromatic heterocycles. The molecule has 0 radical (unpaired) electrons. The molecule has 0 spiro atoms. The molecule has 1 aliphatic rings. The molecule has 2 N–H and O–H groups in total. The summed E-state index contributed by atoms with van der Waals surface area (Å²) in [6.07, 6.45) is 0.589. The zero-order valence-electron chi connectivity index (χ0n) is 11.3. The zero-order valence-corrected chi connectivity index (χ0v) is 11.3. The number of carboxylic acid groups (broad SMARTS) is 1. The number of carbonyl (C=O) groups is 1. The fourth-order valence-corrected chi connectivity index (χ4v) is 3.11. The first-order valence-corrected chi connectivity index (χ1v) is 6.95. The van der Waals surface area contributed by atoms with Crippen LogP contribution in [0.1, 0.15) is 23.7 Å². The van der Waals surface area contributed by atoms with Crippen LogP contribution in [0.4, 0.5) is 0 Å². The average molecular weight is 278 g/mol. The molecule has 1 saturated carbocycles. The molecule has 4 heteroatoms. The fourth-order valence-electron chi connectivity index (χ4n) is 3.11. The molecule has 2 aromatic carbocycles. The van der Waals surface area contributed by atoms with E-state index in [-0.39, 0.29) is 5.92 Å². The van der Waals surface area contributed by atoms with Crippen molar-refractivity contribution in [2.24, 2.45) is 0 Å². The van der Waals surface area contributed by atoms with Crippen LogP contribution < -0.4 is 0 Å². The topological polar surface area (TPSA) is 66.0 Å². The Bertz CT molecular complexity index is 792. The SMILES string of the molecule is O=C(O)[C@]1(c2nc3ccccc3[nH]2)C[C@@H]1c1ccccc1. The second-order valence-electron chi connectivity index (χ2n) is 5.55.